The molecule has 3 aromatic carbocycles. The normalized spacial score (nSPS) is 16.2. The number of thiocarbonyl (C=S) groups is 1. The van der Waals surface area contributed by atoms with Crippen LogP contribution in [-0.4, -0.2) is 27.2 Å². The van der Waals surface area contributed by atoms with E-state index < -0.39 is 0 Å². The highest BCUT2D eigenvalue weighted by molar-refractivity contribution is 7.80. The summed E-state index contributed by atoms with van der Waals surface area (Å²) in [6.07, 6.45) is 1.81. The van der Waals surface area contributed by atoms with E-state index in [2.05, 4.69) is 71.2 Å². The van der Waals surface area contributed by atoms with Gasteiger partial charge in [0.1, 0.15) is 5.75 Å². The zero-order valence-electron chi connectivity index (χ0n) is 24.3. The molecule has 1 fully saturated rings. The van der Waals surface area contributed by atoms with E-state index in [1.54, 1.807) is 0 Å². The first-order valence-corrected chi connectivity index (χ1v) is 14.6. The third kappa shape index (κ3) is 5.74. The van der Waals surface area contributed by atoms with E-state index in [-0.39, 0.29) is 24.6 Å². The number of nitrogens with zero attached hydrogens (tertiary/aromatic N) is 3. The number of anilines is 2. The maximum absolute atomic E-state index is 12.5. The number of nitrogens with one attached hydrogen (secondary N) is 2. The van der Waals surface area contributed by atoms with Crippen molar-refractivity contribution in [1.82, 2.24) is 14.9 Å². The molecular weight excluding hydrogens is 554 g/mol. The highest BCUT2D eigenvalue weighted by Gasteiger charge is 2.42. The molecule has 1 aliphatic heterocycles. The molecule has 2 N–H and O–H groups in total. The summed E-state index contributed by atoms with van der Waals surface area (Å²) in [5.74, 6) is 0.421. The van der Waals surface area contributed by atoms with E-state index in [0.29, 0.717) is 16.5 Å². The van der Waals surface area contributed by atoms with E-state index in [9.17, 15) is 4.79 Å². The summed E-state index contributed by atoms with van der Waals surface area (Å²) in [4.78, 5) is 19.4. The quantitative estimate of drug-likeness (QED) is 0.191. The molecule has 0 saturated carbocycles. The highest BCUT2D eigenvalue weighted by Crippen LogP contribution is 2.44. The van der Waals surface area contributed by atoms with Gasteiger partial charge in [-0.15, -0.1) is 0 Å². The number of benzene rings is 3. The number of hydrogen-bond acceptors (Lipinski definition) is 4. The largest absolute Gasteiger partial charge is 0.484 e. The van der Waals surface area contributed by atoms with Gasteiger partial charge in [-0.25, -0.2) is 0 Å². The summed E-state index contributed by atoms with van der Waals surface area (Å²) in [6, 6.07) is 33.4. The fraction of sp³-hybridized carbons (Fsp3) is 0.171. The van der Waals surface area contributed by atoms with Gasteiger partial charge in [0, 0.05) is 34.6 Å². The van der Waals surface area contributed by atoms with Crippen LogP contribution in [-0.2, 0) is 4.79 Å². The fourth-order valence-corrected chi connectivity index (χ4v) is 6.14. The van der Waals surface area contributed by atoms with Gasteiger partial charge in [-0.05, 0) is 105 Å². The molecule has 0 bridgehead atoms. The van der Waals surface area contributed by atoms with Crippen molar-refractivity contribution in [2.75, 3.05) is 16.8 Å². The van der Waals surface area contributed by atoms with Crippen molar-refractivity contribution in [1.29, 1.82) is 0 Å². The fourth-order valence-electron chi connectivity index (χ4n) is 5.79. The van der Waals surface area contributed by atoms with Gasteiger partial charge in [0.25, 0.3) is 5.91 Å². The van der Waals surface area contributed by atoms with E-state index in [1.165, 1.54) is 11.1 Å². The minimum Gasteiger partial charge on any atom is -0.484 e. The Labute approximate surface area is 257 Å². The Hall–Kier alpha value is -4.95. The molecule has 0 spiro atoms. The van der Waals surface area contributed by atoms with Crippen molar-refractivity contribution in [3.63, 3.8) is 0 Å². The first-order valence-electron chi connectivity index (χ1n) is 14.2. The van der Waals surface area contributed by atoms with Crippen LogP contribution < -0.4 is 20.3 Å². The van der Waals surface area contributed by atoms with E-state index >= 15 is 0 Å². The van der Waals surface area contributed by atoms with Crippen LogP contribution in [0.15, 0.2) is 109 Å². The van der Waals surface area contributed by atoms with Crippen LogP contribution >= 0.6 is 12.2 Å². The maximum atomic E-state index is 12.5. The van der Waals surface area contributed by atoms with E-state index in [4.69, 9.17) is 21.9 Å². The number of amides is 1. The number of pyridine rings is 1. The molecule has 5 aromatic rings. The number of ether oxygens (including phenoxy) is 1. The average Bonchev–Trinajstić information content (AvgIpc) is 3.52. The van der Waals surface area contributed by atoms with Crippen LogP contribution in [0, 0.1) is 20.8 Å². The Morgan fingerprint density at radius 3 is 2.37 bits per heavy atom. The van der Waals surface area contributed by atoms with Gasteiger partial charge < -0.3 is 24.8 Å². The predicted molar refractivity (Wildman–Crippen MR) is 175 cm³/mol. The van der Waals surface area contributed by atoms with Crippen molar-refractivity contribution in [3.8, 4) is 11.4 Å². The van der Waals surface area contributed by atoms with Gasteiger partial charge in [0.2, 0.25) is 0 Å². The Balaban J connectivity index is 1.31. The third-order valence-electron chi connectivity index (χ3n) is 7.79. The summed E-state index contributed by atoms with van der Waals surface area (Å²) in [6.45, 7) is 6.37. The van der Waals surface area contributed by atoms with Crippen LogP contribution in [0.5, 0.6) is 5.75 Å². The molecule has 3 heterocycles. The van der Waals surface area contributed by atoms with Crippen molar-refractivity contribution in [2.45, 2.75) is 32.9 Å². The second-order valence-electron chi connectivity index (χ2n) is 10.6. The molecule has 1 aliphatic rings. The van der Waals surface area contributed by atoms with Crippen LogP contribution in [0.1, 0.15) is 40.3 Å². The molecule has 43 heavy (non-hydrogen) atoms. The molecule has 216 valence electrons. The van der Waals surface area contributed by atoms with Crippen molar-refractivity contribution in [2.24, 2.45) is 0 Å². The van der Waals surface area contributed by atoms with Gasteiger partial charge in [0.15, 0.2) is 11.7 Å². The average molecular weight is 588 g/mol. The zero-order chi connectivity index (χ0) is 29.9. The van der Waals surface area contributed by atoms with E-state index in [1.807, 2.05) is 79.0 Å². The van der Waals surface area contributed by atoms with Crippen molar-refractivity contribution in [3.05, 3.63) is 138 Å². The number of carbonyl (C=O) groups is 1. The number of rotatable bonds is 8. The van der Waals surface area contributed by atoms with Gasteiger partial charge in [-0.1, -0.05) is 42.5 Å². The van der Waals surface area contributed by atoms with Crippen LogP contribution in [0.2, 0.25) is 0 Å². The number of aromatic nitrogens is 2. The number of aryl methyl sites for hydroxylation is 2. The molecule has 2 atom stereocenters. The molecule has 1 saturated heterocycles. The summed E-state index contributed by atoms with van der Waals surface area (Å²) in [5.41, 5.74) is 8.35. The Morgan fingerprint density at radius 2 is 1.65 bits per heavy atom. The monoisotopic (exact) mass is 587 g/mol. The second-order valence-corrected chi connectivity index (χ2v) is 11.0. The first kappa shape index (κ1) is 28.2. The summed E-state index contributed by atoms with van der Waals surface area (Å²) >= 11 is 5.95. The molecular formula is C35H33N5O2S. The van der Waals surface area contributed by atoms with Gasteiger partial charge >= 0.3 is 0 Å². The summed E-state index contributed by atoms with van der Waals surface area (Å²) < 4.78 is 7.90. The first-order chi connectivity index (χ1) is 20.9. The molecule has 2 aromatic heterocycles. The van der Waals surface area contributed by atoms with Crippen molar-refractivity contribution >= 4 is 34.6 Å². The van der Waals surface area contributed by atoms with Gasteiger partial charge in [0.05, 0.1) is 17.8 Å². The molecule has 1 amide bonds. The third-order valence-corrected chi connectivity index (χ3v) is 8.10. The zero-order valence-corrected chi connectivity index (χ0v) is 25.1. The second kappa shape index (κ2) is 12.1. The standard InChI is InChI=1S/C35H33N5O2S/c1-23-11-7-8-15-31(23)39-24(2)21-29(25(39)3)34-33(30-14-9-10-20-36-30)38-35(43)40(34)27-18-16-26(17-19-27)37-32(41)22-42-28-12-5-4-6-13-28/h4-21,33-34H,22H2,1-3H3,(H,37,41)(H,38,43)/t33-,34-/m1/s1. The number of hydrogen-bond donors (Lipinski definition) is 2. The minimum absolute atomic E-state index is 0.0732. The lowest BCUT2D eigenvalue weighted by Crippen LogP contribution is -2.29. The summed E-state index contributed by atoms with van der Waals surface area (Å²) in [7, 11) is 0. The lowest BCUT2D eigenvalue weighted by atomic mass is 9.96. The van der Waals surface area contributed by atoms with Crippen LogP contribution in [0.4, 0.5) is 11.4 Å². The van der Waals surface area contributed by atoms with Crippen LogP contribution in [0.3, 0.4) is 0 Å². The number of carbonyl (C=O) groups excluding carboxylic acids is 1. The van der Waals surface area contributed by atoms with E-state index in [0.717, 1.165) is 28.5 Å². The molecule has 8 heteroatoms. The Kier molecular flexibility index (Phi) is 7.94. The topological polar surface area (TPSA) is 71.4 Å². The molecule has 0 unspecified atom stereocenters. The Morgan fingerprint density at radius 1 is 0.930 bits per heavy atom. The lowest BCUT2D eigenvalue weighted by Gasteiger charge is -2.28. The molecule has 0 aliphatic carbocycles. The highest BCUT2D eigenvalue weighted by atomic mass is 32.1. The SMILES string of the molecule is Cc1ccccc1-n1c(C)cc([C@@H]2[C@@H](c3ccccn3)NC(=S)N2c2ccc(NC(=O)COc3ccccc3)cc2)c1C. The summed E-state index contributed by atoms with van der Waals surface area (Å²) in [5, 5.41) is 7.09. The minimum atomic E-state index is -0.230. The van der Waals surface area contributed by atoms with Crippen molar-refractivity contribution < 1.29 is 9.53 Å². The number of para-hydroxylation sites is 2. The predicted octanol–water partition coefficient (Wildman–Crippen LogP) is 6.99. The van der Waals surface area contributed by atoms with Gasteiger partial charge in [-0.3, -0.25) is 9.78 Å². The molecule has 7 nitrogen and oxygen atoms in total. The smallest absolute Gasteiger partial charge is 0.262 e. The lowest BCUT2D eigenvalue weighted by molar-refractivity contribution is -0.118. The van der Waals surface area contributed by atoms with Crippen LogP contribution in [0.25, 0.3) is 5.69 Å². The maximum Gasteiger partial charge on any atom is 0.262 e. The molecule has 6 rings (SSSR count). The van der Waals surface area contributed by atoms with Gasteiger partial charge in [-0.2, -0.15) is 0 Å². The Bertz CT molecular complexity index is 1750. The molecule has 0 radical (unpaired) electrons.